The normalized spacial score (nSPS) is 19.2. The van der Waals surface area contributed by atoms with Gasteiger partial charge in [-0.25, -0.2) is 13.9 Å². The van der Waals surface area contributed by atoms with E-state index >= 15 is 0 Å². The number of hydrogen-bond acceptors (Lipinski definition) is 7. The van der Waals surface area contributed by atoms with E-state index in [0.717, 1.165) is 63.3 Å². The Bertz CT molecular complexity index is 1310. The van der Waals surface area contributed by atoms with E-state index in [2.05, 4.69) is 45.1 Å². The van der Waals surface area contributed by atoms with Gasteiger partial charge >= 0.3 is 0 Å². The highest BCUT2D eigenvalue weighted by Gasteiger charge is 2.27. The monoisotopic (exact) mass is 536 g/mol. The number of halogens is 1. The first-order chi connectivity index (χ1) is 18.9. The third kappa shape index (κ3) is 6.63. The van der Waals surface area contributed by atoms with Crippen molar-refractivity contribution < 1.29 is 14.0 Å². The maximum atomic E-state index is 14.1. The Balaban J connectivity index is 1.27. The lowest BCUT2D eigenvalue weighted by atomic mass is 9.84. The fourth-order valence-corrected chi connectivity index (χ4v) is 5.17. The Morgan fingerprint density at radius 2 is 1.74 bits per heavy atom. The summed E-state index contributed by atoms with van der Waals surface area (Å²) in [5.41, 5.74) is 1.59. The van der Waals surface area contributed by atoms with Crippen LogP contribution in [0.1, 0.15) is 82.1 Å². The quantitative estimate of drug-likeness (QED) is 0.279. The summed E-state index contributed by atoms with van der Waals surface area (Å²) >= 11 is 0. The van der Waals surface area contributed by atoms with E-state index in [1.54, 1.807) is 0 Å². The topological polar surface area (TPSA) is 125 Å². The zero-order chi connectivity index (χ0) is 27.4. The van der Waals surface area contributed by atoms with Gasteiger partial charge in [0.15, 0.2) is 17.2 Å². The number of carbonyl (C=O) groups excluding carboxylic acids is 2. The van der Waals surface area contributed by atoms with Crippen LogP contribution in [0, 0.1) is 11.7 Å². The lowest BCUT2D eigenvalue weighted by Gasteiger charge is -2.29. The molecule has 5 rings (SSSR count). The van der Waals surface area contributed by atoms with E-state index in [4.69, 9.17) is 5.10 Å². The first-order valence-corrected chi connectivity index (χ1v) is 14.1. The van der Waals surface area contributed by atoms with Gasteiger partial charge in [0.1, 0.15) is 5.82 Å². The molecule has 0 aliphatic heterocycles. The SMILES string of the molecule is CCC(CC)NC(=O)CC1CCC(Nc2cc(NC3CC3)c3ncc(C(=O)Nc4ccncc4F)n3n2)CC1. The zero-order valence-corrected chi connectivity index (χ0v) is 22.5. The molecule has 0 bridgehead atoms. The second-order valence-electron chi connectivity index (χ2n) is 10.7. The zero-order valence-electron chi connectivity index (χ0n) is 22.5. The smallest absolute Gasteiger partial charge is 0.276 e. The Morgan fingerprint density at radius 1 is 1.03 bits per heavy atom. The first-order valence-electron chi connectivity index (χ1n) is 14.1. The lowest BCUT2D eigenvalue weighted by Crippen LogP contribution is -2.36. The summed E-state index contributed by atoms with van der Waals surface area (Å²) in [4.78, 5) is 33.7. The van der Waals surface area contributed by atoms with E-state index in [9.17, 15) is 14.0 Å². The number of hydrogen-bond donors (Lipinski definition) is 4. The molecule has 10 nitrogen and oxygen atoms in total. The van der Waals surface area contributed by atoms with Gasteiger partial charge in [0, 0.05) is 36.8 Å². The number of fused-ring (bicyclic) bond motifs is 1. The molecule has 0 spiro atoms. The molecule has 0 atom stereocenters. The van der Waals surface area contributed by atoms with Gasteiger partial charge < -0.3 is 21.3 Å². The van der Waals surface area contributed by atoms with Crippen molar-refractivity contribution in [2.75, 3.05) is 16.0 Å². The Kier molecular flexibility index (Phi) is 8.23. The predicted molar refractivity (Wildman–Crippen MR) is 148 cm³/mol. The van der Waals surface area contributed by atoms with Gasteiger partial charge in [-0.2, -0.15) is 0 Å². The fourth-order valence-electron chi connectivity index (χ4n) is 5.17. The molecular formula is C28H37FN8O2. The van der Waals surface area contributed by atoms with E-state index < -0.39 is 11.7 Å². The standard InChI is InChI=1S/C28H37FN8O2/c1-3-18(4-2)34-26(38)13-17-5-7-20(8-6-17)33-25-14-23(32-19-9-10-19)27-31-16-24(37(27)36-25)28(39)35-22-11-12-30-15-21(22)29/h11-12,14-20,32H,3-10,13H2,1-2H3,(H,33,36)(H,34,38)(H,30,35,39). The number of amides is 2. The molecule has 3 aromatic heterocycles. The molecule has 11 heteroatoms. The second-order valence-corrected chi connectivity index (χ2v) is 10.7. The Labute approximate surface area is 227 Å². The van der Waals surface area contributed by atoms with Crippen LogP contribution in [0.25, 0.3) is 5.65 Å². The van der Waals surface area contributed by atoms with Crippen LogP contribution < -0.4 is 21.3 Å². The van der Waals surface area contributed by atoms with Crippen molar-refractivity contribution in [1.29, 1.82) is 0 Å². The molecule has 2 fully saturated rings. The predicted octanol–water partition coefficient (Wildman–Crippen LogP) is 4.76. The van der Waals surface area contributed by atoms with Crippen LogP contribution >= 0.6 is 0 Å². The van der Waals surface area contributed by atoms with Gasteiger partial charge in [-0.05, 0) is 63.4 Å². The first kappa shape index (κ1) is 26.8. The van der Waals surface area contributed by atoms with Crippen LogP contribution in [0.4, 0.5) is 21.6 Å². The average Bonchev–Trinajstić information content (AvgIpc) is 3.64. The summed E-state index contributed by atoms with van der Waals surface area (Å²) in [6.07, 6.45) is 12.4. The van der Waals surface area contributed by atoms with Crippen molar-refractivity contribution in [3.63, 3.8) is 0 Å². The third-order valence-electron chi connectivity index (χ3n) is 7.68. The number of anilines is 3. The van der Waals surface area contributed by atoms with Crippen molar-refractivity contribution >= 4 is 34.7 Å². The molecule has 2 aliphatic rings. The van der Waals surface area contributed by atoms with Crippen molar-refractivity contribution in [1.82, 2.24) is 24.9 Å². The van der Waals surface area contributed by atoms with E-state index in [1.807, 2.05) is 6.07 Å². The molecule has 3 aromatic rings. The van der Waals surface area contributed by atoms with Crippen LogP contribution in [-0.2, 0) is 4.79 Å². The van der Waals surface area contributed by atoms with Crippen molar-refractivity contribution in [3.8, 4) is 0 Å². The highest BCUT2D eigenvalue weighted by molar-refractivity contribution is 6.03. The second kappa shape index (κ2) is 12.0. The van der Waals surface area contributed by atoms with Gasteiger partial charge in [0.2, 0.25) is 5.91 Å². The number of rotatable bonds is 11. The van der Waals surface area contributed by atoms with E-state index in [0.29, 0.717) is 29.8 Å². The van der Waals surface area contributed by atoms with Crippen LogP contribution in [0.5, 0.6) is 0 Å². The van der Waals surface area contributed by atoms with Crippen LogP contribution in [0.3, 0.4) is 0 Å². The molecule has 2 saturated carbocycles. The highest BCUT2D eigenvalue weighted by atomic mass is 19.1. The van der Waals surface area contributed by atoms with Crippen LogP contribution in [0.2, 0.25) is 0 Å². The molecule has 2 aliphatic carbocycles. The number of nitrogens with zero attached hydrogens (tertiary/aromatic N) is 4. The number of aromatic nitrogens is 4. The summed E-state index contributed by atoms with van der Waals surface area (Å²) in [5, 5.41) is 17.5. The summed E-state index contributed by atoms with van der Waals surface area (Å²) in [7, 11) is 0. The fraction of sp³-hybridized carbons (Fsp3) is 0.536. The number of carbonyl (C=O) groups is 2. The molecule has 2 amide bonds. The minimum Gasteiger partial charge on any atom is -0.379 e. The molecule has 0 unspecified atom stereocenters. The highest BCUT2D eigenvalue weighted by Crippen LogP contribution is 2.31. The minimum atomic E-state index is -0.616. The third-order valence-corrected chi connectivity index (χ3v) is 7.68. The summed E-state index contributed by atoms with van der Waals surface area (Å²) in [6.45, 7) is 4.20. The van der Waals surface area contributed by atoms with Crippen LogP contribution in [-0.4, -0.2) is 49.5 Å². The number of nitrogens with one attached hydrogen (secondary N) is 4. The van der Waals surface area contributed by atoms with Gasteiger partial charge in [0.25, 0.3) is 5.91 Å². The molecule has 208 valence electrons. The van der Waals surface area contributed by atoms with E-state index in [1.165, 1.54) is 23.0 Å². The molecule has 0 aromatic carbocycles. The van der Waals surface area contributed by atoms with Gasteiger partial charge in [-0.3, -0.25) is 14.6 Å². The number of imidazole rings is 1. The molecule has 3 heterocycles. The number of pyridine rings is 1. The molecule has 0 radical (unpaired) electrons. The maximum absolute atomic E-state index is 14.1. The summed E-state index contributed by atoms with van der Waals surface area (Å²) < 4.78 is 15.6. The van der Waals surface area contributed by atoms with Crippen LogP contribution in [0.15, 0.2) is 30.7 Å². The molecular weight excluding hydrogens is 499 g/mol. The average molecular weight is 537 g/mol. The molecule has 4 N–H and O–H groups in total. The Hall–Kier alpha value is -3.76. The van der Waals surface area contributed by atoms with E-state index in [-0.39, 0.29) is 29.4 Å². The molecule has 0 saturated heterocycles. The van der Waals surface area contributed by atoms with Crippen molar-refractivity contribution in [2.45, 2.75) is 89.8 Å². The van der Waals surface area contributed by atoms with Crippen molar-refractivity contribution in [3.05, 3.63) is 42.2 Å². The maximum Gasteiger partial charge on any atom is 0.276 e. The summed E-state index contributed by atoms with van der Waals surface area (Å²) in [6, 6.07) is 4.20. The van der Waals surface area contributed by atoms with Gasteiger partial charge in [0.05, 0.1) is 23.8 Å². The van der Waals surface area contributed by atoms with Gasteiger partial charge in [-0.1, -0.05) is 13.8 Å². The largest absolute Gasteiger partial charge is 0.379 e. The summed E-state index contributed by atoms with van der Waals surface area (Å²) in [5.74, 6) is 0.0530. The lowest BCUT2D eigenvalue weighted by molar-refractivity contribution is -0.123. The molecule has 39 heavy (non-hydrogen) atoms. The van der Waals surface area contributed by atoms with Gasteiger partial charge in [-0.15, -0.1) is 5.10 Å². The van der Waals surface area contributed by atoms with Crippen molar-refractivity contribution in [2.24, 2.45) is 5.92 Å². The Morgan fingerprint density at radius 3 is 2.44 bits per heavy atom. The minimum absolute atomic E-state index is 0.0425.